The van der Waals surface area contributed by atoms with Gasteiger partial charge in [-0.05, 0) is 50.0 Å². The van der Waals surface area contributed by atoms with Gasteiger partial charge in [0.1, 0.15) is 11.4 Å². The third-order valence-corrected chi connectivity index (χ3v) is 3.06. The minimum absolute atomic E-state index is 0.240. The van der Waals surface area contributed by atoms with Gasteiger partial charge in [-0.3, -0.25) is 5.32 Å². The Bertz CT molecular complexity index is 531. The SMILES string of the molecule is CCOC(=O)C(C)(NCCCN=[N+]=[N-])c1cccc(F)c1. The van der Waals surface area contributed by atoms with Crippen molar-refractivity contribution < 1.29 is 13.9 Å². The largest absolute Gasteiger partial charge is 0.464 e. The van der Waals surface area contributed by atoms with E-state index in [1.54, 1.807) is 26.0 Å². The third kappa shape index (κ3) is 4.73. The number of carbonyl (C=O) groups excluding carboxylic acids is 1. The highest BCUT2D eigenvalue weighted by molar-refractivity contribution is 5.82. The molecule has 6 nitrogen and oxygen atoms in total. The number of nitrogens with zero attached hydrogens (tertiary/aromatic N) is 3. The molecule has 0 saturated carbocycles. The van der Waals surface area contributed by atoms with Crippen molar-refractivity contribution in [3.63, 3.8) is 0 Å². The third-order valence-electron chi connectivity index (χ3n) is 3.06. The molecule has 0 aliphatic carbocycles. The normalized spacial score (nSPS) is 13.1. The number of halogens is 1. The lowest BCUT2D eigenvalue weighted by Crippen LogP contribution is -2.48. The average Bonchev–Trinajstić information content (AvgIpc) is 2.47. The molecule has 1 rings (SSSR count). The molecule has 7 heteroatoms. The summed E-state index contributed by atoms with van der Waals surface area (Å²) in [6, 6.07) is 5.83. The van der Waals surface area contributed by atoms with Crippen LogP contribution in [-0.2, 0) is 15.1 Å². The highest BCUT2D eigenvalue weighted by Crippen LogP contribution is 2.23. The van der Waals surface area contributed by atoms with Crippen LogP contribution in [0, 0.1) is 5.82 Å². The minimum atomic E-state index is -1.14. The number of hydrogen-bond donors (Lipinski definition) is 1. The number of azide groups is 1. The maximum absolute atomic E-state index is 13.4. The van der Waals surface area contributed by atoms with E-state index in [0.717, 1.165) is 0 Å². The van der Waals surface area contributed by atoms with E-state index in [1.807, 2.05) is 0 Å². The zero-order chi connectivity index (χ0) is 15.7. The molecule has 0 aliphatic rings. The summed E-state index contributed by atoms with van der Waals surface area (Å²) in [4.78, 5) is 14.9. The zero-order valence-electron chi connectivity index (χ0n) is 12.2. The lowest BCUT2D eigenvalue weighted by atomic mass is 9.91. The Morgan fingerprint density at radius 2 is 2.33 bits per heavy atom. The summed E-state index contributed by atoms with van der Waals surface area (Å²) in [5, 5.41) is 6.48. The summed E-state index contributed by atoms with van der Waals surface area (Å²) in [5.74, 6) is -0.890. The number of ether oxygens (including phenoxy) is 1. The standard InChI is InChI=1S/C14H19FN4O2/c1-3-21-13(20)14(2,17-8-5-9-18-19-16)11-6-4-7-12(15)10-11/h4,6-7,10,17H,3,5,8-9H2,1-2H3. The molecule has 1 aromatic rings. The van der Waals surface area contributed by atoms with E-state index in [9.17, 15) is 9.18 Å². The number of benzene rings is 1. The summed E-state index contributed by atoms with van der Waals surface area (Å²) in [7, 11) is 0. The van der Waals surface area contributed by atoms with Crippen LogP contribution < -0.4 is 5.32 Å². The first kappa shape index (κ1) is 16.9. The van der Waals surface area contributed by atoms with Gasteiger partial charge >= 0.3 is 5.97 Å². The number of nitrogens with one attached hydrogen (secondary N) is 1. The molecule has 0 heterocycles. The first-order valence-electron chi connectivity index (χ1n) is 6.73. The molecule has 1 atom stereocenters. The molecule has 1 unspecified atom stereocenters. The van der Waals surface area contributed by atoms with Gasteiger partial charge in [0.15, 0.2) is 0 Å². The molecule has 1 N–H and O–H groups in total. The van der Waals surface area contributed by atoms with E-state index in [0.29, 0.717) is 25.1 Å². The molecule has 0 amide bonds. The smallest absolute Gasteiger partial charge is 0.330 e. The van der Waals surface area contributed by atoms with E-state index in [4.69, 9.17) is 10.3 Å². The Balaban J connectivity index is 2.89. The van der Waals surface area contributed by atoms with Crippen molar-refractivity contribution in [2.24, 2.45) is 5.11 Å². The second kappa shape index (κ2) is 8.24. The fourth-order valence-corrected chi connectivity index (χ4v) is 1.90. The van der Waals surface area contributed by atoms with E-state index >= 15 is 0 Å². The number of rotatable bonds is 8. The van der Waals surface area contributed by atoms with Gasteiger partial charge in [0, 0.05) is 11.5 Å². The first-order valence-corrected chi connectivity index (χ1v) is 6.73. The van der Waals surface area contributed by atoms with E-state index in [2.05, 4.69) is 15.3 Å². The zero-order valence-corrected chi connectivity index (χ0v) is 12.2. The molecular weight excluding hydrogens is 275 g/mol. The molecule has 114 valence electrons. The molecule has 0 spiro atoms. The van der Waals surface area contributed by atoms with Crippen LogP contribution >= 0.6 is 0 Å². The fraction of sp³-hybridized carbons (Fsp3) is 0.500. The van der Waals surface area contributed by atoms with Crippen LogP contribution in [0.5, 0.6) is 0 Å². The van der Waals surface area contributed by atoms with Gasteiger partial charge < -0.3 is 4.74 Å². The van der Waals surface area contributed by atoms with Crippen molar-refractivity contribution in [2.75, 3.05) is 19.7 Å². The fourth-order valence-electron chi connectivity index (χ4n) is 1.90. The molecule has 21 heavy (non-hydrogen) atoms. The minimum Gasteiger partial charge on any atom is -0.464 e. The molecule has 0 fully saturated rings. The lowest BCUT2D eigenvalue weighted by molar-refractivity contribution is -0.151. The quantitative estimate of drug-likeness (QED) is 0.263. The van der Waals surface area contributed by atoms with Crippen LogP contribution in [0.1, 0.15) is 25.8 Å². The molecule has 0 aromatic heterocycles. The van der Waals surface area contributed by atoms with E-state index < -0.39 is 17.3 Å². The highest BCUT2D eigenvalue weighted by atomic mass is 19.1. The van der Waals surface area contributed by atoms with Crippen LogP contribution in [0.25, 0.3) is 10.4 Å². The van der Waals surface area contributed by atoms with Crippen LogP contribution in [0.15, 0.2) is 29.4 Å². The molecule has 0 radical (unpaired) electrons. The highest BCUT2D eigenvalue weighted by Gasteiger charge is 2.36. The first-order chi connectivity index (χ1) is 10.0. The van der Waals surface area contributed by atoms with Crippen LogP contribution in [-0.4, -0.2) is 25.7 Å². The Morgan fingerprint density at radius 3 is 2.95 bits per heavy atom. The maximum Gasteiger partial charge on any atom is 0.330 e. The van der Waals surface area contributed by atoms with Crippen molar-refractivity contribution in [1.29, 1.82) is 0 Å². The van der Waals surface area contributed by atoms with Gasteiger partial charge in [0.2, 0.25) is 0 Å². The van der Waals surface area contributed by atoms with E-state index in [-0.39, 0.29) is 6.61 Å². The molecule has 0 bridgehead atoms. The van der Waals surface area contributed by atoms with Gasteiger partial charge in [-0.15, -0.1) is 0 Å². The molecular formula is C14H19FN4O2. The summed E-state index contributed by atoms with van der Waals surface area (Å²) in [6.07, 6.45) is 0.564. The Labute approximate surface area is 122 Å². The summed E-state index contributed by atoms with van der Waals surface area (Å²) in [5.41, 5.74) is 7.56. The van der Waals surface area contributed by atoms with Gasteiger partial charge in [-0.25, -0.2) is 9.18 Å². The number of carbonyl (C=O) groups is 1. The molecule has 0 aliphatic heterocycles. The summed E-state index contributed by atoms with van der Waals surface area (Å²) in [6.45, 7) is 4.36. The van der Waals surface area contributed by atoms with Gasteiger partial charge in [-0.2, -0.15) is 0 Å². The Kier molecular flexibility index (Phi) is 6.65. The monoisotopic (exact) mass is 294 g/mol. The summed E-state index contributed by atoms with van der Waals surface area (Å²) < 4.78 is 18.5. The average molecular weight is 294 g/mol. The van der Waals surface area contributed by atoms with Crippen LogP contribution in [0.4, 0.5) is 4.39 Å². The van der Waals surface area contributed by atoms with Gasteiger partial charge in [0.25, 0.3) is 0 Å². The Morgan fingerprint density at radius 1 is 1.57 bits per heavy atom. The summed E-state index contributed by atoms with van der Waals surface area (Å²) >= 11 is 0. The lowest BCUT2D eigenvalue weighted by Gasteiger charge is -2.29. The number of hydrogen-bond acceptors (Lipinski definition) is 4. The van der Waals surface area contributed by atoms with Crippen molar-refractivity contribution in [1.82, 2.24) is 5.32 Å². The molecule has 0 saturated heterocycles. The second-order valence-electron chi connectivity index (χ2n) is 4.59. The van der Waals surface area contributed by atoms with Crippen molar-refractivity contribution in [3.8, 4) is 0 Å². The topological polar surface area (TPSA) is 87.1 Å². The second-order valence-corrected chi connectivity index (χ2v) is 4.59. The van der Waals surface area contributed by atoms with Crippen LogP contribution in [0.2, 0.25) is 0 Å². The van der Waals surface area contributed by atoms with Gasteiger partial charge in [0.05, 0.1) is 6.61 Å². The Hall–Kier alpha value is -2.11. The predicted octanol–water partition coefficient (Wildman–Crippen LogP) is 2.89. The van der Waals surface area contributed by atoms with Crippen LogP contribution in [0.3, 0.4) is 0 Å². The van der Waals surface area contributed by atoms with Gasteiger partial charge in [-0.1, -0.05) is 17.2 Å². The van der Waals surface area contributed by atoms with Crippen molar-refractivity contribution in [2.45, 2.75) is 25.8 Å². The number of esters is 1. The van der Waals surface area contributed by atoms with Crippen molar-refractivity contribution in [3.05, 3.63) is 46.1 Å². The van der Waals surface area contributed by atoms with E-state index in [1.165, 1.54) is 12.1 Å². The maximum atomic E-state index is 13.4. The predicted molar refractivity (Wildman–Crippen MR) is 77.0 cm³/mol. The van der Waals surface area contributed by atoms with Crippen molar-refractivity contribution >= 4 is 5.97 Å². The molecule has 1 aromatic carbocycles.